The van der Waals surface area contributed by atoms with Crippen molar-refractivity contribution in [3.8, 4) is 0 Å². The highest BCUT2D eigenvalue weighted by molar-refractivity contribution is 9.10. The van der Waals surface area contributed by atoms with Crippen LogP contribution in [0.15, 0.2) is 64.1 Å². The van der Waals surface area contributed by atoms with E-state index in [0.29, 0.717) is 12.4 Å². The molecule has 8 nitrogen and oxygen atoms in total. The molecule has 0 atom stereocenters. The van der Waals surface area contributed by atoms with Gasteiger partial charge in [0.05, 0.1) is 15.1 Å². The van der Waals surface area contributed by atoms with Gasteiger partial charge >= 0.3 is 0 Å². The van der Waals surface area contributed by atoms with Gasteiger partial charge in [0.15, 0.2) is 0 Å². The largest absolute Gasteiger partial charge is 0.399 e. The lowest BCUT2D eigenvalue weighted by Gasteiger charge is -2.36. The highest BCUT2D eigenvalue weighted by Gasteiger charge is 2.21. The molecule has 1 saturated heterocycles. The van der Waals surface area contributed by atoms with Crippen LogP contribution in [0.3, 0.4) is 0 Å². The maximum Gasteiger partial charge on any atom is 0.240 e. The lowest BCUT2D eigenvalue weighted by molar-refractivity contribution is 0.569. The normalized spacial score (nSPS) is 14.6. The average molecular weight is 546 g/mol. The minimum atomic E-state index is -3.55. The Morgan fingerprint density at radius 1 is 1.06 bits per heavy atom. The van der Waals surface area contributed by atoms with Crippen LogP contribution >= 0.6 is 15.9 Å². The van der Waals surface area contributed by atoms with E-state index >= 15 is 0 Å². The summed E-state index contributed by atoms with van der Waals surface area (Å²) >= 11 is 3.56. The van der Waals surface area contributed by atoms with Gasteiger partial charge in [0.1, 0.15) is 0 Å². The third-order valence-corrected chi connectivity index (χ3v) is 7.91. The van der Waals surface area contributed by atoms with Crippen molar-refractivity contribution >= 4 is 43.3 Å². The molecular weight excluding hydrogens is 516 g/mol. The lowest BCUT2D eigenvalue weighted by atomic mass is 10.1. The summed E-state index contributed by atoms with van der Waals surface area (Å²) in [6.07, 6.45) is 2.26. The molecular formula is C24H29BrN6O2S. The maximum absolute atomic E-state index is 12.6. The van der Waals surface area contributed by atoms with Crippen LogP contribution in [0.1, 0.15) is 25.1 Å². The number of halogens is 1. The number of anilines is 3. The number of rotatable bonds is 7. The molecule has 3 aromatic rings. The summed E-state index contributed by atoms with van der Waals surface area (Å²) in [5, 5.41) is 0. The molecule has 3 N–H and O–H groups in total. The summed E-state index contributed by atoms with van der Waals surface area (Å²) in [5.41, 5.74) is 9.41. The van der Waals surface area contributed by atoms with Gasteiger partial charge in [-0.05, 0) is 71.7 Å². The molecule has 10 heteroatoms. The van der Waals surface area contributed by atoms with Crippen molar-refractivity contribution in [3.63, 3.8) is 0 Å². The van der Waals surface area contributed by atoms with Crippen LogP contribution in [-0.4, -0.2) is 50.6 Å². The van der Waals surface area contributed by atoms with Crippen LogP contribution in [0, 0.1) is 0 Å². The second-order valence-electron chi connectivity index (χ2n) is 8.63. The van der Waals surface area contributed by atoms with Crippen molar-refractivity contribution in [1.29, 1.82) is 0 Å². The Bertz CT molecular complexity index is 1240. The first-order chi connectivity index (χ1) is 16.2. The monoisotopic (exact) mass is 544 g/mol. The number of sulfonamides is 1. The molecule has 0 spiro atoms. The second kappa shape index (κ2) is 10.3. The molecule has 0 amide bonds. The predicted molar refractivity (Wildman–Crippen MR) is 140 cm³/mol. The van der Waals surface area contributed by atoms with E-state index < -0.39 is 10.0 Å². The van der Waals surface area contributed by atoms with E-state index in [4.69, 9.17) is 10.7 Å². The van der Waals surface area contributed by atoms with Crippen molar-refractivity contribution in [3.05, 3.63) is 70.5 Å². The standard InChI is InChI=1S/C24H29BrN6O2S/c1-17(2)29-34(32,33)21-5-3-4-18(14-21)15-23-22(25)16-27-24(28-23)31-12-10-30(11-13-31)20-8-6-19(26)7-9-20/h3-9,14,16-17,29H,10-13,15,26H2,1-2H3. The minimum absolute atomic E-state index is 0.173. The first-order valence-corrected chi connectivity index (χ1v) is 13.5. The van der Waals surface area contributed by atoms with E-state index in [-0.39, 0.29) is 10.9 Å². The van der Waals surface area contributed by atoms with Crippen LogP contribution < -0.4 is 20.3 Å². The van der Waals surface area contributed by atoms with Crippen molar-refractivity contribution in [2.75, 3.05) is 41.7 Å². The number of nitrogens with one attached hydrogen (secondary N) is 1. The van der Waals surface area contributed by atoms with Gasteiger partial charge < -0.3 is 15.5 Å². The Morgan fingerprint density at radius 2 is 1.74 bits per heavy atom. The van der Waals surface area contributed by atoms with E-state index in [2.05, 4.69) is 35.4 Å². The van der Waals surface area contributed by atoms with Gasteiger partial charge in [-0.15, -0.1) is 0 Å². The smallest absolute Gasteiger partial charge is 0.240 e. The van der Waals surface area contributed by atoms with Crippen LogP contribution in [0.25, 0.3) is 0 Å². The van der Waals surface area contributed by atoms with E-state index in [0.717, 1.165) is 53.3 Å². The zero-order valence-electron chi connectivity index (χ0n) is 19.3. The summed E-state index contributed by atoms with van der Waals surface area (Å²) in [6, 6.07) is 14.7. The lowest BCUT2D eigenvalue weighted by Crippen LogP contribution is -2.47. The average Bonchev–Trinajstić information content (AvgIpc) is 2.81. The number of hydrogen-bond acceptors (Lipinski definition) is 7. The minimum Gasteiger partial charge on any atom is -0.399 e. The van der Waals surface area contributed by atoms with Gasteiger partial charge in [-0.25, -0.2) is 23.1 Å². The topological polar surface area (TPSA) is 104 Å². The Balaban J connectivity index is 1.47. The molecule has 1 fully saturated rings. The Hall–Kier alpha value is -2.69. The third-order valence-electron chi connectivity index (χ3n) is 5.60. The van der Waals surface area contributed by atoms with Gasteiger partial charge in [0.2, 0.25) is 16.0 Å². The van der Waals surface area contributed by atoms with E-state index in [1.807, 2.05) is 30.3 Å². The summed E-state index contributed by atoms with van der Waals surface area (Å²) in [7, 11) is -3.55. The number of nitrogens with two attached hydrogens (primary N) is 1. The third kappa shape index (κ3) is 5.86. The first kappa shape index (κ1) is 24.4. The highest BCUT2D eigenvalue weighted by Crippen LogP contribution is 2.24. The van der Waals surface area contributed by atoms with Crippen LogP contribution in [0.4, 0.5) is 17.3 Å². The van der Waals surface area contributed by atoms with Crippen LogP contribution in [0.2, 0.25) is 0 Å². The molecule has 2 heterocycles. The number of piperazine rings is 1. The molecule has 180 valence electrons. The fourth-order valence-electron chi connectivity index (χ4n) is 3.91. The molecule has 1 aromatic heterocycles. The van der Waals surface area contributed by atoms with Gasteiger partial charge in [0.25, 0.3) is 0 Å². The molecule has 34 heavy (non-hydrogen) atoms. The molecule has 1 aliphatic heterocycles. The second-order valence-corrected chi connectivity index (χ2v) is 11.2. The van der Waals surface area contributed by atoms with Crippen molar-refractivity contribution in [2.45, 2.75) is 31.2 Å². The Morgan fingerprint density at radius 3 is 2.41 bits per heavy atom. The van der Waals surface area contributed by atoms with Crippen molar-refractivity contribution in [2.24, 2.45) is 0 Å². The number of aromatic nitrogens is 2. The Labute approximate surface area is 209 Å². The molecule has 0 aliphatic carbocycles. The zero-order chi connectivity index (χ0) is 24.3. The van der Waals surface area contributed by atoms with Crippen LogP contribution in [0.5, 0.6) is 0 Å². The number of nitrogens with zero attached hydrogens (tertiary/aromatic N) is 4. The number of hydrogen-bond donors (Lipinski definition) is 2. The molecule has 4 rings (SSSR count). The SMILES string of the molecule is CC(C)NS(=O)(=O)c1cccc(Cc2nc(N3CCN(c4ccc(N)cc4)CC3)ncc2Br)c1. The number of nitrogen functional groups attached to an aromatic ring is 1. The summed E-state index contributed by atoms with van der Waals surface area (Å²) in [4.78, 5) is 14.1. The van der Waals surface area contributed by atoms with Crippen molar-refractivity contribution in [1.82, 2.24) is 14.7 Å². The maximum atomic E-state index is 12.6. The number of benzene rings is 2. The molecule has 2 aromatic carbocycles. The summed E-state index contributed by atoms with van der Waals surface area (Å²) < 4.78 is 28.5. The quantitative estimate of drug-likeness (QED) is 0.439. The molecule has 0 radical (unpaired) electrons. The Kier molecular flexibility index (Phi) is 7.39. The molecule has 0 saturated carbocycles. The highest BCUT2D eigenvalue weighted by atomic mass is 79.9. The predicted octanol–water partition coefficient (Wildman–Crippen LogP) is 3.43. The van der Waals surface area contributed by atoms with E-state index in [9.17, 15) is 8.42 Å². The van der Waals surface area contributed by atoms with Gasteiger partial charge in [-0.2, -0.15) is 0 Å². The van der Waals surface area contributed by atoms with Crippen molar-refractivity contribution < 1.29 is 8.42 Å². The van der Waals surface area contributed by atoms with Gasteiger partial charge in [0, 0.05) is 56.2 Å². The van der Waals surface area contributed by atoms with E-state index in [1.54, 1.807) is 38.2 Å². The van der Waals surface area contributed by atoms with E-state index in [1.165, 1.54) is 0 Å². The first-order valence-electron chi connectivity index (χ1n) is 11.2. The van der Waals surface area contributed by atoms with Gasteiger partial charge in [-0.1, -0.05) is 12.1 Å². The molecule has 0 unspecified atom stereocenters. The molecule has 1 aliphatic rings. The molecule has 0 bridgehead atoms. The van der Waals surface area contributed by atoms with Gasteiger partial charge in [-0.3, -0.25) is 0 Å². The summed E-state index contributed by atoms with van der Waals surface area (Å²) in [6.45, 7) is 6.94. The summed E-state index contributed by atoms with van der Waals surface area (Å²) in [5.74, 6) is 0.681. The van der Waals surface area contributed by atoms with Crippen LogP contribution in [-0.2, 0) is 16.4 Å². The fraction of sp³-hybridized carbons (Fsp3) is 0.333. The zero-order valence-corrected chi connectivity index (χ0v) is 21.7. The fourth-order valence-corrected chi connectivity index (χ4v) is 5.56.